The van der Waals surface area contributed by atoms with Gasteiger partial charge in [-0.1, -0.05) is 41.9 Å². The van der Waals surface area contributed by atoms with Crippen molar-refractivity contribution in [3.63, 3.8) is 0 Å². The van der Waals surface area contributed by atoms with Crippen LogP contribution in [-0.2, 0) is 13.7 Å². The van der Waals surface area contributed by atoms with Crippen LogP contribution in [0.5, 0.6) is 5.75 Å². The second kappa shape index (κ2) is 5.73. The van der Waals surface area contributed by atoms with Crippen LogP contribution < -0.4 is 4.74 Å². The second-order valence-electron chi connectivity index (χ2n) is 4.98. The molecule has 0 saturated heterocycles. The third-order valence-electron chi connectivity index (χ3n) is 3.58. The lowest BCUT2D eigenvalue weighted by Crippen LogP contribution is -2.03. The highest BCUT2D eigenvalue weighted by Crippen LogP contribution is 2.34. The predicted molar refractivity (Wildman–Crippen MR) is 85.7 cm³/mol. The molecule has 0 aliphatic heterocycles. The number of fused-ring (bicyclic) bond motifs is 1. The molecule has 2 aromatic carbocycles. The Morgan fingerprint density at radius 1 is 1.23 bits per heavy atom. The summed E-state index contributed by atoms with van der Waals surface area (Å²) in [5.41, 5.74) is 1.99. The van der Waals surface area contributed by atoms with Crippen molar-refractivity contribution in [2.24, 2.45) is 7.05 Å². The van der Waals surface area contributed by atoms with Crippen LogP contribution in [0.2, 0.25) is 5.02 Å². The number of hydrogen-bond donors (Lipinski definition) is 1. The van der Waals surface area contributed by atoms with Gasteiger partial charge in [-0.2, -0.15) is 0 Å². The first kappa shape index (κ1) is 14.5. The average molecular weight is 316 g/mol. The van der Waals surface area contributed by atoms with Crippen molar-refractivity contribution in [2.75, 3.05) is 0 Å². The molecule has 0 amide bonds. The van der Waals surface area contributed by atoms with Crippen LogP contribution in [0.3, 0.4) is 0 Å². The topological polar surface area (TPSA) is 51.5 Å². The molecule has 0 spiro atoms. The van der Waals surface area contributed by atoms with Gasteiger partial charge in [-0.3, -0.25) is 0 Å². The van der Waals surface area contributed by atoms with E-state index >= 15 is 0 Å². The summed E-state index contributed by atoms with van der Waals surface area (Å²) >= 11 is 6.37. The Balaban J connectivity index is 1.95. The summed E-state index contributed by atoms with van der Waals surface area (Å²) in [6.45, 7) is 0.407. The Bertz CT molecular complexity index is 840. The number of carbonyl (C=O) groups is 1. The number of ether oxygens (including phenoxy) is 1. The van der Waals surface area contributed by atoms with Gasteiger partial charge in [0.25, 0.3) is 0 Å². The first-order valence-electron chi connectivity index (χ1n) is 6.76. The molecule has 5 heteroatoms. The molecule has 1 N–H and O–H groups in total. The molecule has 0 radical (unpaired) electrons. The lowest BCUT2D eigenvalue weighted by Gasteiger charge is -2.09. The smallest absolute Gasteiger partial charge is 0.352 e. The highest BCUT2D eigenvalue weighted by Gasteiger charge is 2.16. The molecule has 0 atom stereocenters. The first-order valence-corrected chi connectivity index (χ1v) is 7.13. The normalized spacial score (nSPS) is 10.8. The van der Waals surface area contributed by atoms with Crippen molar-refractivity contribution in [1.29, 1.82) is 0 Å². The molecule has 0 saturated carbocycles. The maximum absolute atomic E-state index is 11.2. The van der Waals surface area contributed by atoms with Gasteiger partial charge in [-0.25, -0.2) is 4.79 Å². The van der Waals surface area contributed by atoms with Crippen molar-refractivity contribution in [3.05, 3.63) is 64.8 Å². The van der Waals surface area contributed by atoms with E-state index in [4.69, 9.17) is 16.3 Å². The van der Waals surface area contributed by atoms with E-state index in [1.165, 1.54) is 0 Å². The van der Waals surface area contributed by atoms with Crippen molar-refractivity contribution < 1.29 is 14.6 Å². The summed E-state index contributed by atoms with van der Waals surface area (Å²) in [6.07, 6.45) is 0. The average Bonchev–Trinajstić information content (AvgIpc) is 2.86. The molecule has 1 heterocycles. The van der Waals surface area contributed by atoms with Crippen LogP contribution in [0.25, 0.3) is 10.9 Å². The zero-order valence-corrected chi connectivity index (χ0v) is 12.7. The van der Waals surface area contributed by atoms with E-state index in [1.54, 1.807) is 23.7 Å². The molecule has 4 nitrogen and oxygen atoms in total. The third-order valence-corrected chi connectivity index (χ3v) is 3.97. The van der Waals surface area contributed by atoms with Crippen molar-refractivity contribution in [2.45, 2.75) is 6.61 Å². The summed E-state index contributed by atoms with van der Waals surface area (Å²) in [5, 5.41) is 10.3. The standard InChI is InChI=1S/C17H14ClNO3/c1-19-13-7-8-15(22-10-11-5-3-2-4-6-11)16(18)12(13)9-14(19)17(20)21/h2-9H,10H2,1H3,(H,20,21). The van der Waals surface area contributed by atoms with E-state index in [-0.39, 0.29) is 5.69 Å². The molecule has 0 bridgehead atoms. The van der Waals surface area contributed by atoms with Crippen LogP contribution >= 0.6 is 11.6 Å². The summed E-state index contributed by atoms with van der Waals surface area (Å²) in [4.78, 5) is 11.2. The molecular formula is C17H14ClNO3. The van der Waals surface area contributed by atoms with Gasteiger partial charge in [0.05, 0.1) is 10.5 Å². The van der Waals surface area contributed by atoms with Crippen LogP contribution in [0.4, 0.5) is 0 Å². The molecule has 3 rings (SSSR count). The van der Waals surface area contributed by atoms with Crippen LogP contribution in [-0.4, -0.2) is 15.6 Å². The molecule has 0 aliphatic rings. The van der Waals surface area contributed by atoms with Gasteiger partial charge in [-0.15, -0.1) is 0 Å². The molecule has 3 aromatic rings. The number of nitrogens with zero attached hydrogens (tertiary/aromatic N) is 1. The van der Waals surface area contributed by atoms with Crippen LogP contribution in [0.15, 0.2) is 48.5 Å². The van der Waals surface area contributed by atoms with Crippen molar-refractivity contribution in [1.82, 2.24) is 4.57 Å². The largest absolute Gasteiger partial charge is 0.487 e. The van der Waals surface area contributed by atoms with Gasteiger partial charge in [0.1, 0.15) is 18.1 Å². The van der Waals surface area contributed by atoms with E-state index in [0.717, 1.165) is 11.1 Å². The number of rotatable bonds is 4. The van der Waals surface area contributed by atoms with E-state index in [1.807, 2.05) is 36.4 Å². The molecule has 22 heavy (non-hydrogen) atoms. The summed E-state index contributed by atoms with van der Waals surface area (Å²) < 4.78 is 7.35. The van der Waals surface area contributed by atoms with Crippen molar-refractivity contribution >= 4 is 28.5 Å². The zero-order valence-electron chi connectivity index (χ0n) is 11.9. The van der Waals surface area contributed by atoms with Crippen LogP contribution in [0.1, 0.15) is 16.1 Å². The maximum atomic E-state index is 11.2. The van der Waals surface area contributed by atoms with Gasteiger partial charge in [-0.05, 0) is 23.8 Å². The maximum Gasteiger partial charge on any atom is 0.352 e. The van der Waals surface area contributed by atoms with Crippen molar-refractivity contribution in [3.8, 4) is 5.75 Å². The Hall–Kier alpha value is -2.46. The number of halogens is 1. The number of benzene rings is 2. The molecular weight excluding hydrogens is 302 g/mol. The Morgan fingerprint density at radius 3 is 2.64 bits per heavy atom. The molecule has 112 valence electrons. The predicted octanol–water partition coefficient (Wildman–Crippen LogP) is 4.11. The fourth-order valence-corrected chi connectivity index (χ4v) is 2.68. The summed E-state index contributed by atoms with van der Waals surface area (Å²) in [5.74, 6) is -0.443. The van der Waals surface area contributed by atoms with Gasteiger partial charge in [0, 0.05) is 12.4 Å². The minimum Gasteiger partial charge on any atom is -0.487 e. The monoisotopic (exact) mass is 315 g/mol. The van der Waals surface area contributed by atoms with Gasteiger partial charge in [0.15, 0.2) is 0 Å². The minimum absolute atomic E-state index is 0.192. The quantitative estimate of drug-likeness (QED) is 0.788. The Morgan fingerprint density at radius 2 is 1.95 bits per heavy atom. The molecule has 0 unspecified atom stereocenters. The van der Waals surface area contributed by atoms with E-state index in [0.29, 0.717) is 22.8 Å². The van der Waals surface area contributed by atoms with E-state index in [9.17, 15) is 9.90 Å². The molecule has 0 aliphatic carbocycles. The van der Waals surface area contributed by atoms with Crippen LogP contribution in [0, 0.1) is 0 Å². The second-order valence-corrected chi connectivity index (χ2v) is 5.36. The summed E-state index contributed by atoms with van der Waals surface area (Å²) in [6, 6.07) is 14.9. The minimum atomic E-state index is -0.985. The number of aromatic carboxylic acids is 1. The number of carboxylic acids is 1. The fourth-order valence-electron chi connectivity index (χ4n) is 2.41. The third kappa shape index (κ3) is 2.53. The van der Waals surface area contributed by atoms with E-state index in [2.05, 4.69) is 0 Å². The lowest BCUT2D eigenvalue weighted by molar-refractivity contribution is 0.0687. The molecule has 0 fully saturated rings. The number of hydrogen-bond acceptors (Lipinski definition) is 2. The zero-order chi connectivity index (χ0) is 15.7. The van der Waals surface area contributed by atoms with Gasteiger partial charge >= 0.3 is 5.97 Å². The SMILES string of the molecule is Cn1c(C(=O)O)cc2c(Cl)c(OCc3ccccc3)ccc21. The van der Waals surface area contributed by atoms with Gasteiger partial charge < -0.3 is 14.4 Å². The highest BCUT2D eigenvalue weighted by atomic mass is 35.5. The summed E-state index contributed by atoms with van der Waals surface area (Å²) in [7, 11) is 1.70. The van der Waals surface area contributed by atoms with E-state index < -0.39 is 5.97 Å². The number of aromatic nitrogens is 1. The Labute approximate surface area is 132 Å². The Kier molecular flexibility index (Phi) is 3.77. The highest BCUT2D eigenvalue weighted by molar-refractivity contribution is 6.37. The van der Waals surface area contributed by atoms with Gasteiger partial charge in [0.2, 0.25) is 0 Å². The number of aryl methyl sites for hydroxylation is 1. The fraction of sp³-hybridized carbons (Fsp3) is 0.118. The first-order chi connectivity index (χ1) is 10.6. The number of carboxylic acid groups (broad SMARTS) is 1. The molecule has 1 aromatic heterocycles. The lowest BCUT2D eigenvalue weighted by atomic mass is 10.2.